The molecule has 0 radical (unpaired) electrons. The topological polar surface area (TPSA) is 80.4 Å². The number of hydrogen-bond acceptors (Lipinski definition) is 2. The number of carboxylic acids is 1. The Hall–Kier alpha value is -0.843. The molecule has 3 N–H and O–H groups in total. The van der Waals surface area contributed by atoms with E-state index >= 15 is 0 Å². The first-order valence-corrected chi connectivity index (χ1v) is 6.86. The van der Waals surface area contributed by atoms with Gasteiger partial charge in [0, 0.05) is 0 Å². The highest BCUT2D eigenvalue weighted by molar-refractivity contribution is 6.83. The lowest BCUT2D eigenvalue weighted by molar-refractivity contribution is -0.140. The molecule has 0 aromatic heterocycles. The summed E-state index contributed by atoms with van der Waals surface area (Å²) in [6.45, 7) is 5.41. The lowest BCUT2D eigenvalue weighted by Gasteiger charge is -2.21. The zero-order valence-corrected chi connectivity index (χ0v) is 7.92. The smallest absolute Gasteiger partial charge is 0.313 e. The van der Waals surface area contributed by atoms with E-state index < -0.39 is 25.5 Å². The molecule has 0 aliphatic heterocycles. The molecule has 5 heteroatoms. The standard InChI is InChI=1S/C6H13NO3Si/c1-11(2,3)4(5(7)8)6(9)10/h4H,1-3H3,(H2,7,8)(H,9,10). The minimum Gasteiger partial charge on any atom is -0.481 e. The Balaban J connectivity index is 4.63. The minimum atomic E-state index is -1.99. The Kier molecular flexibility index (Phi) is 2.81. The number of carboxylic acid groups (broad SMARTS) is 1. The molecule has 64 valence electrons. The van der Waals surface area contributed by atoms with E-state index in [1.54, 1.807) is 19.6 Å². The van der Waals surface area contributed by atoms with E-state index in [-0.39, 0.29) is 0 Å². The lowest BCUT2D eigenvalue weighted by Crippen LogP contribution is -2.42. The third-order valence-electron chi connectivity index (χ3n) is 1.40. The van der Waals surface area contributed by atoms with Crippen molar-refractivity contribution in [3.63, 3.8) is 0 Å². The predicted octanol–water partition coefficient (Wildman–Crippen LogP) is 0.265. The van der Waals surface area contributed by atoms with Crippen LogP contribution in [0.5, 0.6) is 0 Å². The molecule has 11 heavy (non-hydrogen) atoms. The SMILES string of the molecule is C[Si](C)(C)C(C(N)=O)C(=O)O. The van der Waals surface area contributed by atoms with Gasteiger partial charge in [0.2, 0.25) is 5.91 Å². The Morgan fingerprint density at radius 1 is 1.36 bits per heavy atom. The molecule has 0 rings (SSSR count). The number of aliphatic carboxylic acids is 1. The summed E-state index contributed by atoms with van der Waals surface area (Å²) in [7, 11) is -1.99. The van der Waals surface area contributed by atoms with Gasteiger partial charge in [0.1, 0.15) is 5.54 Å². The van der Waals surface area contributed by atoms with Crippen LogP contribution in [0.2, 0.25) is 25.2 Å². The molecule has 0 saturated heterocycles. The van der Waals surface area contributed by atoms with Gasteiger partial charge in [0.05, 0.1) is 8.07 Å². The van der Waals surface area contributed by atoms with Crippen LogP contribution in [-0.2, 0) is 9.59 Å². The summed E-state index contributed by atoms with van der Waals surface area (Å²) in [6.07, 6.45) is 0. The Morgan fingerprint density at radius 3 is 1.73 bits per heavy atom. The van der Waals surface area contributed by atoms with Gasteiger partial charge in [0.15, 0.2) is 0 Å². The van der Waals surface area contributed by atoms with Crippen molar-refractivity contribution < 1.29 is 14.7 Å². The maximum Gasteiger partial charge on any atom is 0.313 e. The van der Waals surface area contributed by atoms with Crippen molar-refractivity contribution in [2.75, 3.05) is 0 Å². The van der Waals surface area contributed by atoms with Gasteiger partial charge >= 0.3 is 5.97 Å². The molecule has 0 aliphatic rings. The summed E-state index contributed by atoms with van der Waals surface area (Å²) in [5.41, 5.74) is 3.97. The van der Waals surface area contributed by atoms with Crippen LogP contribution in [0.15, 0.2) is 0 Å². The highest BCUT2D eigenvalue weighted by atomic mass is 28.3. The normalized spacial score (nSPS) is 14.1. The quantitative estimate of drug-likeness (QED) is 0.477. The number of carbonyl (C=O) groups is 2. The number of rotatable bonds is 3. The van der Waals surface area contributed by atoms with Gasteiger partial charge in [-0.15, -0.1) is 0 Å². The van der Waals surface area contributed by atoms with Crippen molar-refractivity contribution in [2.24, 2.45) is 5.73 Å². The number of amides is 1. The first kappa shape index (κ1) is 10.2. The fourth-order valence-corrected chi connectivity index (χ4v) is 2.51. The van der Waals surface area contributed by atoms with Crippen molar-refractivity contribution in [3.05, 3.63) is 0 Å². The lowest BCUT2D eigenvalue weighted by atomic mass is 10.4. The Labute approximate surface area is 66.4 Å². The van der Waals surface area contributed by atoms with Crippen LogP contribution in [-0.4, -0.2) is 25.1 Å². The zero-order chi connectivity index (χ0) is 9.23. The molecular formula is C6H13NO3Si. The van der Waals surface area contributed by atoms with Gasteiger partial charge in [-0.1, -0.05) is 19.6 Å². The highest BCUT2D eigenvalue weighted by Gasteiger charge is 2.37. The summed E-state index contributed by atoms with van der Waals surface area (Å²) in [6, 6.07) is 0. The predicted molar refractivity (Wildman–Crippen MR) is 43.9 cm³/mol. The summed E-state index contributed by atoms with van der Waals surface area (Å²) < 4.78 is 0. The van der Waals surface area contributed by atoms with E-state index in [4.69, 9.17) is 10.8 Å². The van der Waals surface area contributed by atoms with Gasteiger partial charge < -0.3 is 10.8 Å². The van der Waals surface area contributed by atoms with Crippen LogP contribution in [0.4, 0.5) is 0 Å². The number of nitrogens with two attached hydrogens (primary N) is 1. The fraction of sp³-hybridized carbons (Fsp3) is 0.667. The average Bonchev–Trinajstić information content (AvgIpc) is 1.54. The van der Waals surface area contributed by atoms with E-state index in [9.17, 15) is 9.59 Å². The van der Waals surface area contributed by atoms with Gasteiger partial charge in [-0.3, -0.25) is 9.59 Å². The molecular weight excluding hydrogens is 162 g/mol. The summed E-state index contributed by atoms with van der Waals surface area (Å²) >= 11 is 0. The maximum absolute atomic E-state index is 10.7. The molecule has 0 aromatic rings. The van der Waals surface area contributed by atoms with Crippen molar-refractivity contribution in [2.45, 2.75) is 25.2 Å². The van der Waals surface area contributed by atoms with Crippen LogP contribution in [0.25, 0.3) is 0 Å². The first-order valence-electron chi connectivity index (χ1n) is 3.29. The third kappa shape index (κ3) is 2.71. The van der Waals surface area contributed by atoms with Crippen LogP contribution < -0.4 is 5.73 Å². The molecule has 0 aliphatic carbocycles. The second-order valence-corrected chi connectivity index (χ2v) is 8.85. The van der Waals surface area contributed by atoms with Crippen LogP contribution >= 0.6 is 0 Å². The maximum atomic E-state index is 10.7. The van der Waals surface area contributed by atoms with Gasteiger partial charge in [-0.25, -0.2) is 0 Å². The molecule has 0 fully saturated rings. The monoisotopic (exact) mass is 175 g/mol. The molecule has 0 saturated carbocycles. The van der Waals surface area contributed by atoms with Crippen LogP contribution in [0.1, 0.15) is 0 Å². The van der Waals surface area contributed by atoms with Crippen molar-refractivity contribution in [1.29, 1.82) is 0 Å². The molecule has 0 bridgehead atoms. The first-order chi connectivity index (χ1) is 4.76. The number of primary amides is 1. The van der Waals surface area contributed by atoms with E-state index in [2.05, 4.69) is 0 Å². The van der Waals surface area contributed by atoms with E-state index in [1.165, 1.54) is 0 Å². The van der Waals surface area contributed by atoms with Crippen LogP contribution in [0.3, 0.4) is 0 Å². The number of hydrogen-bond donors (Lipinski definition) is 2. The summed E-state index contributed by atoms with van der Waals surface area (Å²) in [4.78, 5) is 21.2. The molecule has 1 atom stereocenters. The molecule has 0 aromatic carbocycles. The number of carbonyl (C=O) groups excluding carboxylic acids is 1. The average molecular weight is 175 g/mol. The Morgan fingerprint density at radius 2 is 1.73 bits per heavy atom. The molecule has 1 unspecified atom stereocenters. The second-order valence-electron chi connectivity index (χ2n) is 3.54. The molecule has 4 nitrogen and oxygen atoms in total. The van der Waals surface area contributed by atoms with Crippen LogP contribution in [0, 0.1) is 0 Å². The molecule has 0 heterocycles. The largest absolute Gasteiger partial charge is 0.481 e. The minimum absolute atomic E-state index is 0.725. The molecule has 0 spiro atoms. The third-order valence-corrected chi connectivity index (χ3v) is 3.66. The second kappa shape index (κ2) is 3.04. The Bertz CT molecular complexity index is 171. The van der Waals surface area contributed by atoms with Gasteiger partial charge in [-0.2, -0.15) is 0 Å². The fourth-order valence-electron chi connectivity index (χ4n) is 0.919. The van der Waals surface area contributed by atoms with E-state index in [0.717, 1.165) is 0 Å². The van der Waals surface area contributed by atoms with E-state index in [1.807, 2.05) is 0 Å². The zero-order valence-electron chi connectivity index (χ0n) is 6.92. The van der Waals surface area contributed by atoms with Crippen molar-refractivity contribution in [3.8, 4) is 0 Å². The van der Waals surface area contributed by atoms with Gasteiger partial charge in [-0.05, 0) is 0 Å². The molecule has 1 amide bonds. The van der Waals surface area contributed by atoms with Gasteiger partial charge in [0.25, 0.3) is 0 Å². The van der Waals surface area contributed by atoms with Crippen molar-refractivity contribution in [1.82, 2.24) is 0 Å². The van der Waals surface area contributed by atoms with Crippen molar-refractivity contribution >= 4 is 20.0 Å². The summed E-state index contributed by atoms with van der Waals surface area (Å²) in [5.74, 6) is -1.83. The highest BCUT2D eigenvalue weighted by Crippen LogP contribution is 2.20. The summed E-state index contributed by atoms with van der Waals surface area (Å²) in [5, 5.41) is 8.61. The van der Waals surface area contributed by atoms with E-state index in [0.29, 0.717) is 0 Å².